The summed E-state index contributed by atoms with van der Waals surface area (Å²) in [7, 11) is -4.12. The molecule has 1 saturated heterocycles. The van der Waals surface area contributed by atoms with Crippen LogP contribution in [0.1, 0.15) is 53.1 Å². The smallest absolute Gasteiger partial charge is 0.342 e. The van der Waals surface area contributed by atoms with Crippen molar-refractivity contribution in [3.63, 3.8) is 0 Å². The van der Waals surface area contributed by atoms with Crippen LogP contribution < -0.4 is 0 Å². The average Bonchev–Trinajstić information content (AvgIpc) is 2.81. The van der Waals surface area contributed by atoms with Crippen molar-refractivity contribution >= 4 is 39.2 Å². The predicted octanol–water partition coefficient (Wildman–Crippen LogP) is 3.00. The van der Waals surface area contributed by atoms with Gasteiger partial charge < -0.3 is 9.64 Å². The van der Waals surface area contributed by atoms with Gasteiger partial charge >= 0.3 is 5.97 Å². The molecule has 3 rings (SSSR count). The zero-order chi connectivity index (χ0) is 27.7. The Hall–Kier alpha value is -3.16. The highest BCUT2D eigenvalue weighted by atomic mass is 35.5. The van der Waals surface area contributed by atoms with Gasteiger partial charge in [0.25, 0.3) is 11.6 Å². The lowest BCUT2D eigenvalue weighted by Crippen LogP contribution is -2.55. The molecule has 12 nitrogen and oxygen atoms in total. The number of nitro groups is 1. The topological polar surface area (TPSA) is 153 Å². The molecule has 0 bridgehead atoms. The molecule has 1 fully saturated rings. The largest absolute Gasteiger partial charge is 0.462 e. The third-order valence-electron chi connectivity index (χ3n) is 5.73. The number of aromatic nitrogens is 2. The zero-order valence-corrected chi connectivity index (χ0v) is 22.7. The number of sulfonamides is 1. The van der Waals surface area contributed by atoms with E-state index in [0.29, 0.717) is 11.5 Å². The highest BCUT2D eigenvalue weighted by Crippen LogP contribution is 2.30. The van der Waals surface area contributed by atoms with Crippen LogP contribution in [0.25, 0.3) is 0 Å². The van der Waals surface area contributed by atoms with Gasteiger partial charge in [-0.25, -0.2) is 23.2 Å². The number of esters is 1. The average molecular weight is 554 g/mol. The van der Waals surface area contributed by atoms with Crippen LogP contribution in [0.3, 0.4) is 0 Å². The van der Waals surface area contributed by atoms with Crippen molar-refractivity contribution in [3.8, 4) is 0 Å². The van der Waals surface area contributed by atoms with Crippen molar-refractivity contribution in [1.82, 2.24) is 19.2 Å². The first-order chi connectivity index (χ1) is 17.2. The van der Waals surface area contributed by atoms with E-state index in [1.165, 1.54) is 15.3 Å². The van der Waals surface area contributed by atoms with Crippen molar-refractivity contribution in [2.24, 2.45) is 5.92 Å². The number of aryl methyl sites for hydroxylation is 2. The van der Waals surface area contributed by atoms with E-state index >= 15 is 0 Å². The summed E-state index contributed by atoms with van der Waals surface area (Å²) in [4.78, 5) is 46.3. The van der Waals surface area contributed by atoms with Crippen LogP contribution in [0, 0.1) is 29.9 Å². The minimum absolute atomic E-state index is 0.0102. The number of halogens is 1. The first kappa shape index (κ1) is 28.4. The monoisotopic (exact) mass is 553 g/mol. The lowest BCUT2D eigenvalue weighted by molar-refractivity contribution is -0.384. The summed E-state index contributed by atoms with van der Waals surface area (Å²) < 4.78 is 33.0. The molecule has 0 N–H and O–H groups in total. The SMILES string of the molecule is Cc1nc(C)c(C(=O)OCC(C)C)c(C(=O)N2CCN(S(=O)(=O)c3ccc(Cl)c([N+](=O)[O-])c3)C(C)C2)n1. The Labute approximate surface area is 219 Å². The number of nitro benzene ring substituents is 1. The molecule has 1 aliphatic rings. The third-order valence-corrected chi connectivity index (χ3v) is 8.06. The third kappa shape index (κ3) is 6.05. The van der Waals surface area contributed by atoms with Crippen LogP contribution in [0.5, 0.6) is 0 Å². The summed E-state index contributed by atoms with van der Waals surface area (Å²) in [5.74, 6) is -0.850. The molecule has 2 aromatic rings. The van der Waals surface area contributed by atoms with Crippen LogP contribution in [0.2, 0.25) is 5.02 Å². The van der Waals surface area contributed by atoms with Crippen molar-refractivity contribution in [3.05, 3.63) is 56.1 Å². The van der Waals surface area contributed by atoms with Crippen LogP contribution in [-0.2, 0) is 14.8 Å². The van der Waals surface area contributed by atoms with E-state index in [0.717, 1.165) is 12.1 Å². The molecule has 1 atom stereocenters. The molecule has 2 heterocycles. The molecule has 37 heavy (non-hydrogen) atoms. The van der Waals surface area contributed by atoms with E-state index in [4.69, 9.17) is 16.3 Å². The normalized spacial score (nSPS) is 16.6. The fraction of sp³-hybridized carbons (Fsp3) is 0.478. The molecular formula is C23H28ClN5O7S. The maximum Gasteiger partial charge on any atom is 0.342 e. The fourth-order valence-corrected chi connectivity index (χ4v) is 5.81. The quantitative estimate of drug-likeness (QED) is 0.286. The Bertz CT molecular complexity index is 1350. The molecule has 0 saturated carbocycles. The summed E-state index contributed by atoms with van der Waals surface area (Å²) in [5.41, 5.74) is -0.332. The molecule has 1 aromatic carbocycles. The van der Waals surface area contributed by atoms with E-state index in [1.807, 2.05) is 13.8 Å². The van der Waals surface area contributed by atoms with Gasteiger partial charge in [0.1, 0.15) is 22.1 Å². The minimum atomic E-state index is -4.12. The number of benzene rings is 1. The van der Waals surface area contributed by atoms with Crippen molar-refractivity contribution < 1.29 is 27.7 Å². The summed E-state index contributed by atoms with van der Waals surface area (Å²) in [5, 5.41) is 11.0. The van der Waals surface area contributed by atoms with Gasteiger partial charge in [-0.05, 0) is 38.8 Å². The maximum atomic E-state index is 13.5. The number of ether oxygens (including phenoxy) is 1. The molecule has 0 aliphatic carbocycles. The highest BCUT2D eigenvalue weighted by Gasteiger charge is 2.38. The second-order valence-corrected chi connectivity index (χ2v) is 11.5. The lowest BCUT2D eigenvalue weighted by Gasteiger charge is -2.38. The Kier molecular flexibility index (Phi) is 8.50. The molecule has 1 amide bonds. The molecule has 200 valence electrons. The number of rotatable bonds is 7. The Morgan fingerprint density at radius 3 is 2.51 bits per heavy atom. The van der Waals surface area contributed by atoms with Gasteiger partial charge in [0.15, 0.2) is 0 Å². The molecule has 14 heteroatoms. The van der Waals surface area contributed by atoms with E-state index in [-0.39, 0.29) is 53.3 Å². The van der Waals surface area contributed by atoms with Crippen molar-refractivity contribution in [2.45, 2.75) is 45.6 Å². The molecule has 0 radical (unpaired) electrons. The van der Waals surface area contributed by atoms with E-state index in [1.54, 1.807) is 20.8 Å². The Morgan fingerprint density at radius 2 is 1.92 bits per heavy atom. The number of nitrogens with zero attached hydrogens (tertiary/aromatic N) is 5. The second kappa shape index (κ2) is 11.1. The first-order valence-corrected chi connectivity index (χ1v) is 13.3. The molecule has 1 aliphatic heterocycles. The fourth-order valence-electron chi connectivity index (χ4n) is 3.99. The van der Waals surface area contributed by atoms with Crippen LogP contribution in [-0.4, -0.2) is 76.7 Å². The molecule has 0 spiro atoms. The van der Waals surface area contributed by atoms with E-state index in [9.17, 15) is 28.1 Å². The lowest BCUT2D eigenvalue weighted by atomic mass is 10.1. The summed E-state index contributed by atoms with van der Waals surface area (Å²) >= 11 is 5.82. The van der Waals surface area contributed by atoms with Crippen LogP contribution in [0.4, 0.5) is 5.69 Å². The number of hydrogen-bond acceptors (Lipinski definition) is 9. The van der Waals surface area contributed by atoms with Gasteiger partial charge in [0.05, 0.1) is 22.1 Å². The number of carbonyl (C=O) groups excluding carboxylic acids is 2. The number of amides is 1. The van der Waals surface area contributed by atoms with Gasteiger partial charge in [-0.1, -0.05) is 25.4 Å². The molecule has 1 aromatic heterocycles. The van der Waals surface area contributed by atoms with Gasteiger partial charge in [-0.2, -0.15) is 4.31 Å². The molecule has 1 unspecified atom stereocenters. The highest BCUT2D eigenvalue weighted by molar-refractivity contribution is 7.89. The minimum Gasteiger partial charge on any atom is -0.462 e. The van der Waals surface area contributed by atoms with Crippen LogP contribution in [0.15, 0.2) is 23.1 Å². The Morgan fingerprint density at radius 1 is 1.24 bits per heavy atom. The number of piperazine rings is 1. The summed E-state index contributed by atoms with van der Waals surface area (Å²) in [6.45, 7) is 8.70. The number of hydrogen-bond donors (Lipinski definition) is 0. The van der Waals surface area contributed by atoms with Crippen molar-refractivity contribution in [2.75, 3.05) is 26.2 Å². The Balaban J connectivity index is 1.86. The summed E-state index contributed by atoms with van der Waals surface area (Å²) in [6.07, 6.45) is 0. The standard InChI is InChI=1S/C23H28ClN5O7S/c1-13(2)12-36-23(31)20-15(4)25-16(5)26-21(20)22(30)27-8-9-28(14(3)11-27)37(34,35)17-6-7-18(24)19(10-17)29(32)33/h6-7,10,13-14H,8-9,11-12H2,1-5H3. The van der Waals surface area contributed by atoms with Crippen molar-refractivity contribution in [1.29, 1.82) is 0 Å². The number of carbonyl (C=O) groups is 2. The van der Waals surface area contributed by atoms with E-state index < -0.39 is 38.6 Å². The van der Waals surface area contributed by atoms with Gasteiger partial charge in [0, 0.05) is 31.7 Å². The first-order valence-electron chi connectivity index (χ1n) is 11.5. The van der Waals surface area contributed by atoms with Crippen LogP contribution >= 0.6 is 11.6 Å². The van der Waals surface area contributed by atoms with Gasteiger partial charge in [0.2, 0.25) is 10.0 Å². The maximum absolute atomic E-state index is 13.5. The second-order valence-electron chi connectivity index (χ2n) is 9.16. The van der Waals surface area contributed by atoms with Gasteiger partial charge in [-0.15, -0.1) is 0 Å². The van der Waals surface area contributed by atoms with E-state index in [2.05, 4.69) is 9.97 Å². The summed E-state index contributed by atoms with van der Waals surface area (Å²) in [6, 6.07) is 2.62. The molecular weight excluding hydrogens is 526 g/mol. The zero-order valence-electron chi connectivity index (χ0n) is 21.1. The van der Waals surface area contributed by atoms with Gasteiger partial charge in [-0.3, -0.25) is 14.9 Å². The predicted molar refractivity (Wildman–Crippen MR) is 134 cm³/mol.